The van der Waals surface area contributed by atoms with E-state index in [9.17, 15) is 24.0 Å². The highest BCUT2D eigenvalue weighted by Gasteiger charge is 2.46. The van der Waals surface area contributed by atoms with E-state index in [0.717, 1.165) is 51.6 Å². The maximum Gasteiger partial charge on any atom is 0.329 e. The number of amides is 4. The number of piperidine rings is 1. The quantitative estimate of drug-likeness (QED) is 0.345. The number of ether oxygens (including phenoxy) is 1. The summed E-state index contributed by atoms with van der Waals surface area (Å²) in [6, 6.07) is -2.71. The molecule has 0 aromatic rings. The molecule has 0 spiro atoms. The Kier molecular flexibility index (Phi) is 13.1. The molecule has 0 aliphatic carbocycles. The van der Waals surface area contributed by atoms with Crippen LogP contribution in [0, 0.1) is 11.3 Å². The summed E-state index contributed by atoms with van der Waals surface area (Å²) in [4.78, 5) is 78.4. The number of likely N-dealkylation sites (N-methyl/N-ethyl adjacent to an activating group) is 2. The maximum atomic E-state index is 14.3. The predicted octanol–water partition coefficient (Wildman–Crippen LogP) is 3.27. The van der Waals surface area contributed by atoms with Gasteiger partial charge in [-0.3, -0.25) is 29.0 Å². The molecule has 0 radical (unpaired) electrons. The number of likely N-dealkylation sites (tertiary alicyclic amines) is 4. The van der Waals surface area contributed by atoms with Gasteiger partial charge in [-0.15, -0.1) is 0 Å². The van der Waals surface area contributed by atoms with E-state index in [4.69, 9.17) is 4.74 Å². The monoisotopic (exact) mass is 703 g/mol. The lowest BCUT2D eigenvalue weighted by atomic mass is 9.84. The Morgan fingerprint density at radius 3 is 1.86 bits per heavy atom. The average Bonchev–Trinajstić information content (AvgIpc) is 3.81. The van der Waals surface area contributed by atoms with Crippen LogP contribution in [0.4, 0.5) is 0 Å². The number of esters is 1. The van der Waals surface area contributed by atoms with Gasteiger partial charge in [0.05, 0.1) is 12.1 Å². The van der Waals surface area contributed by atoms with E-state index in [0.29, 0.717) is 38.9 Å². The van der Waals surface area contributed by atoms with Crippen molar-refractivity contribution in [3.63, 3.8) is 0 Å². The number of carbonyl (C=O) groups is 5. The normalized spacial score (nSPS) is 26.6. The van der Waals surface area contributed by atoms with Gasteiger partial charge in [0.25, 0.3) is 0 Å². The summed E-state index contributed by atoms with van der Waals surface area (Å²) in [6.07, 6.45) is 7.02. The van der Waals surface area contributed by atoms with E-state index < -0.39 is 29.1 Å². The fourth-order valence-corrected chi connectivity index (χ4v) is 8.32. The van der Waals surface area contributed by atoms with Gasteiger partial charge >= 0.3 is 5.97 Å². The van der Waals surface area contributed by atoms with Crippen LogP contribution in [-0.2, 0) is 28.7 Å². The molecule has 0 aromatic carbocycles. The van der Waals surface area contributed by atoms with Gasteiger partial charge in [-0.05, 0) is 104 Å². The molecule has 0 aromatic heterocycles. The van der Waals surface area contributed by atoms with Crippen molar-refractivity contribution >= 4 is 29.6 Å². The van der Waals surface area contributed by atoms with Crippen LogP contribution in [0.15, 0.2) is 0 Å². The van der Waals surface area contributed by atoms with Crippen molar-refractivity contribution in [2.45, 2.75) is 155 Å². The van der Waals surface area contributed by atoms with Crippen LogP contribution in [0.2, 0.25) is 0 Å². The largest absolute Gasteiger partial charge is 0.458 e. The van der Waals surface area contributed by atoms with Crippen molar-refractivity contribution in [1.82, 2.24) is 29.8 Å². The lowest BCUT2D eigenvalue weighted by Gasteiger charge is -2.41. The van der Waals surface area contributed by atoms with Gasteiger partial charge < -0.3 is 24.8 Å². The van der Waals surface area contributed by atoms with Gasteiger partial charge in [-0.1, -0.05) is 41.0 Å². The molecule has 6 atom stereocenters. The minimum atomic E-state index is -0.695. The summed E-state index contributed by atoms with van der Waals surface area (Å²) in [7, 11) is 3.79. The van der Waals surface area contributed by atoms with Crippen LogP contribution in [0.1, 0.15) is 113 Å². The third-order valence-corrected chi connectivity index (χ3v) is 11.2. The minimum Gasteiger partial charge on any atom is -0.458 e. The lowest BCUT2D eigenvalue weighted by molar-refractivity contribution is -0.164. The number of rotatable bonds is 10. The Labute approximate surface area is 300 Å². The van der Waals surface area contributed by atoms with E-state index >= 15 is 0 Å². The molecular formula is C38H66N6O6. The molecule has 50 heavy (non-hydrogen) atoms. The maximum absolute atomic E-state index is 14.3. The summed E-state index contributed by atoms with van der Waals surface area (Å²) in [6.45, 7) is 18.7. The molecule has 4 unspecified atom stereocenters. The number of nitrogens with zero attached hydrogens (tertiary/aromatic N) is 5. The fraction of sp³-hybridized carbons (Fsp3) is 0.868. The first-order valence-corrected chi connectivity index (χ1v) is 19.2. The van der Waals surface area contributed by atoms with E-state index in [1.54, 1.807) is 14.7 Å². The molecule has 284 valence electrons. The van der Waals surface area contributed by atoms with Crippen LogP contribution < -0.4 is 5.32 Å². The number of hydrogen-bond acceptors (Lipinski definition) is 8. The summed E-state index contributed by atoms with van der Waals surface area (Å²) in [5.74, 6) is -0.703. The molecule has 12 nitrogen and oxygen atoms in total. The summed E-state index contributed by atoms with van der Waals surface area (Å²) in [5, 5.41) is 3.14. The van der Waals surface area contributed by atoms with Crippen molar-refractivity contribution in [3.05, 3.63) is 0 Å². The molecule has 4 saturated heterocycles. The van der Waals surface area contributed by atoms with Crippen molar-refractivity contribution in [2.24, 2.45) is 11.3 Å². The van der Waals surface area contributed by atoms with E-state index in [1.807, 2.05) is 55.6 Å². The Hall–Kier alpha value is -2.73. The zero-order valence-electron chi connectivity index (χ0n) is 32.6. The highest BCUT2D eigenvalue weighted by atomic mass is 16.6. The number of nitrogens with one attached hydrogen (secondary N) is 1. The molecule has 4 aliphatic heterocycles. The smallest absolute Gasteiger partial charge is 0.329 e. The molecule has 4 rings (SSSR count). The molecule has 4 heterocycles. The van der Waals surface area contributed by atoms with Crippen molar-refractivity contribution in [3.8, 4) is 0 Å². The van der Waals surface area contributed by atoms with Crippen molar-refractivity contribution in [1.29, 1.82) is 0 Å². The molecule has 12 heteroatoms. The van der Waals surface area contributed by atoms with Gasteiger partial charge in [-0.25, -0.2) is 4.79 Å². The third kappa shape index (κ3) is 9.38. The van der Waals surface area contributed by atoms with E-state index in [-0.39, 0.29) is 53.6 Å². The van der Waals surface area contributed by atoms with Crippen LogP contribution in [0.3, 0.4) is 0 Å². The second-order valence-corrected chi connectivity index (χ2v) is 17.6. The zero-order valence-corrected chi connectivity index (χ0v) is 32.6. The zero-order chi connectivity index (χ0) is 37.1. The molecular weight excluding hydrogens is 636 g/mol. The predicted molar refractivity (Wildman–Crippen MR) is 193 cm³/mol. The standard InChI is InChI=1S/C38H66N6O6/c1-25(2)30(41(10)35(48)31(37(3,4)5)39-32(45)26-16-11-12-20-40(26)9)24-42-21-13-17-27(42)33(46)43-22-14-18-28(43)34(47)44-23-15-19-29(44)36(49)50-38(6,7)8/h25-31H,11-24H2,1-10H3,(H,39,45)/t26-,27?,28?,29?,30-,31?/m1/s1. The molecule has 1 N–H and O–H groups in total. The first kappa shape index (κ1) is 40.0. The minimum absolute atomic E-state index is 0.0423. The lowest BCUT2D eigenvalue weighted by Crippen LogP contribution is -2.61. The van der Waals surface area contributed by atoms with Gasteiger partial charge in [0.2, 0.25) is 23.6 Å². The van der Waals surface area contributed by atoms with E-state index in [2.05, 4.69) is 29.0 Å². The van der Waals surface area contributed by atoms with Crippen LogP contribution in [0.25, 0.3) is 0 Å². The van der Waals surface area contributed by atoms with Crippen molar-refractivity contribution in [2.75, 3.05) is 46.8 Å². The summed E-state index contributed by atoms with van der Waals surface area (Å²) < 4.78 is 5.64. The van der Waals surface area contributed by atoms with Crippen LogP contribution in [-0.4, -0.2) is 143 Å². The molecule has 0 bridgehead atoms. The SMILES string of the molecule is CC(C)[C@@H](CN1CCCC1C(=O)N1CCCC1C(=O)N1CCCC1C(=O)OC(C)(C)C)N(C)C(=O)C(NC(=O)[C@H]1CCCCN1C)C(C)(C)C. The molecule has 4 amide bonds. The summed E-state index contributed by atoms with van der Waals surface area (Å²) in [5.41, 5.74) is -1.15. The molecule has 0 saturated carbocycles. The Balaban J connectivity index is 1.45. The fourth-order valence-electron chi connectivity index (χ4n) is 8.32. The van der Waals surface area contributed by atoms with Crippen LogP contribution >= 0.6 is 0 Å². The third-order valence-electron chi connectivity index (χ3n) is 11.2. The average molecular weight is 703 g/mol. The highest BCUT2D eigenvalue weighted by Crippen LogP contribution is 2.31. The Bertz CT molecular complexity index is 1240. The van der Waals surface area contributed by atoms with Gasteiger partial charge in [0, 0.05) is 32.7 Å². The number of carbonyl (C=O) groups excluding carboxylic acids is 5. The second-order valence-electron chi connectivity index (χ2n) is 17.6. The summed E-state index contributed by atoms with van der Waals surface area (Å²) >= 11 is 0. The molecule has 4 aliphatic rings. The molecule has 4 fully saturated rings. The van der Waals surface area contributed by atoms with E-state index in [1.165, 1.54) is 0 Å². The first-order chi connectivity index (χ1) is 23.3. The van der Waals surface area contributed by atoms with Crippen molar-refractivity contribution < 1.29 is 28.7 Å². The van der Waals surface area contributed by atoms with Gasteiger partial charge in [0.1, 0.15) is 23.7 Å². The van der Waals surface area contributed by atoms with Gasteiger partial charge in [-0.2, -0.15) is 0 Å². The van der Waals surface area contributed by atoms with Gasteiger partial charge in [0.15, 0.2) is 0 Å². The topological polar surface area (TPSA) is 123 Å². The van der Waals surface area contributed by atoms with Crippen LogP contribution in [0.5, 0.6) is 0 Å². The first-order valence-electron chi connectivity index (χ1n) is 19.2. The number of hydrogen-bond donors (Lipinski definition) is 1. The highest BCUT2D eigenvalue weighted by molar-refractivity contribution is 5.93. The Morgan fingerprint density at radius 1 is 0.740 bits per heavy atom. The second kappa shape index (κ2) is 16.3. The Morgan fingerprint density at radius 2 is 1.28 bits per heavy atom.